The fourth-order valence-corrected chi connectivity index (χ4v) is 1.25. The number of pyridine rings is 1. The first-order valence-corrected chi connectivity index (χ1v) is 4.53. The van der Waals surface area contributed by atoms with Crippen LogP contribution >= 0.6 is 0 Å². The third-order valence-electron chi connectivity index (χ3n) is 2.02. The summed E-state index contributed by atoms with van der Waals surface area (Å²) in [6.45, 7) is 1.83. The zero-order chi connectivity index (χ0) is 11.8. The largest absolute Gasteiger partial charge is 0.435 e. The van der Waals surface area contributed by atoms with Gasteiger partial charge >= 0.3 is 6.18 Å². The molecule has 0 aliphatic heterocycles. The van der Waals surface area contributed by atoms with Gasteiger partial charge in [-0.2, -0.15) is 18.3 Å². The van der Waals surface area contributed by atoms with Gasteiger partial charge in [0.15, 0.2) is 11.5 Å². The minimum Gasteiger partial charge on any atom is -0.237 e. The zero-order valence-electron chi connectivity index (χ0n) is 8.36. The summed E-state index contributed by atoms with van der Waals surface area (Å²) in [5.41, 5.74) is -0.00938. The molecule has 0 unspecified atom stereocenters. The number of rotatable bonds is 1. The van der Waals surface area contributed by atoms with Crippen LogP contribution in [0, 0.1) is 6.92 Å². The quantitative estimate of drug-likeness (QED) is 0.749. The molecule has 0 N–H and O–H groups in total. The van der Waals surface area contributed by atoms with Crippen molar-refractivity contribution in [2.75, 3.05) is 0 Å². The molecule has 0 aliphatic carbocycles. The summed E-state index contributed by atoms with van der Waals surface area (Å²) >= 11 is 0. The Labute approximate surface area is 89.5 Å². The Morgan fingerprint density at radius 1 is 1.25 bits per heavy atom. The smallest absolute Gasteiger partial charge is 0.237 e. The lowest BCUT2D eigenvalue weighted by Gasteiger charge is -2.02. The van der Waals surface area contributed by atoms with Gasteiger partial charge in [0.25, 0.3) is 0 Å². The van der Waals surface area contributed by atoms with Crippen molar-refractivity contribution in [1.82, 2.24) is 14.8 Å². The van der Waals surface area contributed by atoms with E-state index < -0.39 is 11.9 Å². The molecule has 6 heteroatoms. The first-order valence-electron chi connectivity index (χ1n) is 4.53. The predicted octanol–water partition coefficient (Wildman–Crippen LogP) is 2.59. The molecule has 3 nitrogen and oxygen atoms in total. The molecule has 2 aromatic heterocycles. The Hall–Kier alpha value is -1.85. The summed E-state index contributed by atoms with van der Waals surface area (Å²) in [6.07, 6.45) is -1.65. The van der Waals surface area contributed by atoms with E-state index in [1.165, 1.54) is 12.4 Å². The van der Waals surface area contributed by atoms with Crippen LogP contribution in [0.2, 0.25) is 0 Å². The standard InChI is InChI=1S/C10H8F3N3/c1-7-2-4-14-9(6-7)16-5-3-8(15-16)10(11,12)13/h2-6H,1H3. The maximum Gasteiger partial charge on any atom is 0.435 e. The van der Waals surface area contributed by atoms with E-state index in [1.54, 1.807) is 12.1 Å². The summed E-state index contributed by atoms with van der Waals surface area (Å²) in [5, 5.41) is 3.42. The second-order valence-corrected chi connectivity index (χ2v) is 3.33. The van der Waals surface area contributed by atoms with Crippen molar-refractivity contribution in [3.8, 4) is 5.82 Å². The molecule has 0 bridgehead atoms. The molecule has 0 fully saturated rings. The number of aromatic nitrogens is 3. The summed E-state index contributed by atoms with van der Waals surface area (Å²) in [4.78, 5) is 3.94. The van der Waals surface area contributed by atoms with Gasteiger partial charge in [-0.15, -0.1) is 0 Å². The van der Waals surface area contributed by atoms with Crippen LogP contribution in [0.5, 0.6) is 0 Å². The highest BCUT2D eigenvalue weighted by molar-refractivity contribution is 5.26. The molecule has 2 heterocycles. The molecule has 84 valence electrons. The van der Waals surface area contributed by atoms with Crippen LogP contribution in [0.3, 0.4) is 0 Å². The molecule has 0 atom stereocenters. The molecule has 0 aliphatic rings. The zero-order valence-corrected chi connectivity index (χ0v) is 8.36. The van der Waals surface area contributed by atoms with Crippen molar-refractivity contribution in [3.63, 3.8) is 0 Å². The van der Waals surface area contributed by atoms with Crippen molar-refractivity contribution in [2.24, 2.45) is 0 Å². The van der Waals surface area contributed by atoms with Gasteiger partial charge in [-0.3, -0.25) is 0 Å². The molecule has 2 aromatic rings. The third kappa shape index (κ3) is 2.05. The van der Waals surface area contributed by atoms with Crippen LogP contribution in [0.25, 0.3) is 5.82 Å². The normalized spacial score (nSPS) is 11.8. The van der Waals surface area contributed by atoms with Gasteiger partial charge in [0.1, 0.15) is 0 Å². The Morgan fingerprint density at radius 3 is 2.56 bits per heavy atom. The van der Waals surface area contributed by atoms with Gasteiger partial charge in [0.2, 0.25) is 0 Å². The molecule has 0 aromatic carbocycles. The van der Waals surface area contributed by atoms with Crippen LogP contribution < -0.4 is 0 Å². The van der Waals surface area contributed by atoms with Crippen LogP contribution in [0.1, 0.15) is 11.3 Å². The molecule has 0 spiro atoms. The number of halogens is 3. The van der Waals surface area contributed by atoms with E-state index in [2.05, 4.69) is 10.1 Å². The van der Waals surface area contributed by atoms with E-state index in [-0.39, 0.29) is 0 Å². The summed E-state index contributed by atoms with van der Waals surface area (Å²) in [5.74, 6) is 0.371. The van der Waals surface area contributed by atoms with Gasteiger partial charge in [-0.25, -0.2) is 9.67 Å². The maximum absolute atomic E-state index is 12.3. The van der Waals surface area contributed by atoms with Crippen molar-refractivity contribution >= 4 is 0 Å². The third-order valence-corrected chi connectivity index (χ3v) is 2.02. The molecular weight excluding hydrogens is 219 g/mol. The van der Waals surface area contributed by atoms with Crippen molar-refractivity contribution < 1.29 is 13.2 Å². The summed E-state index contributed by atoms with van der Waals surface area (Å²) in [6, 6.07) is 4.34. The van der Waals surface area contributed by atoms with Gasteiger partial charge in [-0.1, -0.05) is 0 Å². The SMILES string of the molecule is Cc1ccnc(-n2ccc(C(F)(F)F)n2)c1. The van der Waals surface area contributed by atoms with Crippen LogP contribution in [0.15, 0.2) is 30.6 Å². The van der Waals surface area contributed by atoms with Crippen molar-refractivity contribution in [2.45, 2.75) is 13.1 Å². The summed E-state index contributed by atoms with van der Waals surface area (Å²) < 4.78 is 38.0. The first-order chi connectivity index (χ1) is 7.47. The van der Waals surface area contributed by atoms with E-state index >= 15 is 0 Å². The Balaban J connectivity index is 2.39. The minimum atomic E-state index is -4.42. The summed E-state index contributed by atoms with van der Waals surface area (Å²) in [7, 11) is 0. The second-order valence-electron chi connectivity index (χ2n) is 3.33. The number of aryl methyl sites for hydroxylation is 1. The first kappa shape index (κ1) is 10.7. The Morgan fingerprint density at radius 2 is 2.00 bits per heavy atom. The Kier molecular flexibility index (Phi) is 2.41. The van der Waals surface area contributed by atoms with Gasteiger partial charge < -0.3 is 0 Å². The second kappa shape index (κ2) is 3.62. The van der Waals surface area contributed by atoms with Gasteiger partial charge in [0, 0.05) is 12.4 Å². The highest BCUT2D eigenvalue weighted by atomic mass is 19.4. The molecule has 0 saturated carbocycles. The van der Waals surface area contributed by atoms with Gasteiger partial charge in [0.05, 0.1) is 0 Å². The highest BCUT2D eigenvalue weighted by Crippen LogP contribution is 2.27. The number of nitrogens with zero attached hydrogens (tertiary/aromatic N) is 3. The lowest BCUT2D eigenvalue weighted by molar-refractivity contribution is -0.141. The monoisotopic (exact) mass is 227 g/mol. The molecule has 16 heavy (non-hydrogen) atoms. The molecule has 0 radical (unpaired) electrons. The van der Waals surface area contributed by atoms with E-state index in [0.717, 1.165) is 16.3 Å². The number of alkyl halides is 3. The lowest BCUT2D eigenvalue weighted by Crippen LogP contribution is -2.07. The van der Waals surface area contributed by atoms with Gasteiger partial charge in [-0.05, 0) is 30.7 Å². The number of hydrogen-bond acceptors (Lipinski definition) is 2. The van der Waals surface area contributed by atoms with E-state index in [1.807, 2.05) is 6.92 Å². The van der Waals surface area contributed by atoms with E-state index in [0.29, 0.717) is 5.82 Å². The predicted molar refractivity (Wildman–Crippen MR) is 51.1 cm³/mol. The lowest BCUT2D eigenvalue weighted by atomic mass is 10.3. The maximum atomic E-state index is 12.3. The molecular formula is C10H8F3N3. The Bertz CT molecular complexity index is 502. The molecule has 2 rings (SSSR count). The molecule has 0 saturated heterocycles. The number of hydrogen-bond donors (Lipinski definition) is 0. The average molecular weight is 227 g/mol. The van der Waals surface area contributed by atoms with Crippen molar-refractivity contribution in [1.29, 1.82) is 0 Å². The van der Waals surface area contributed by atoms with Crippen LogP contribution in [-0.2, 0) is 6.18 Å². The van der Waals surface area contributed by atoms with Crippen molar-refractivity contribution in [3.05, 3.63) is 41.9 Å². The topological polar surface area (TPSA) is 30.7 Å². The molecule has 0 amide bonds. The van der Waals surface area contributed by atoms with E-state index in [9.17, 15) is 13.2 Å². The van der Waals surface area contributed by atoms with Crippen LogP contribution in [-0.4, -0.2) is 14.8 Å². The fraction of sp³-hybridized carbons (Fsp3) is 0.200. The fourth-order valence-electron chi connectivity index (χ4n) is 1.25. The van der Waals surface area contributed by atoms with E-state index in [4.69, 9.17) is 0 Å². The average Bonchev–Trinajstić information content (AvgIpc) is 2.65. The highest BCUT2D eigenvalue weighted by Gasteiger charge is 2.33. The minimum absolute atomic E-state index is 0.371. The van der Waals surface area contributed by atoms with Crippen LogP contribution in [0.4, 0.5) is 13.2 Å².